The van der Waals surface area contributed by atoms with E-state index in [1.165, 1.54) is 19.3 Å². The van der Waals surface area contributed by atoms with Crippen molar-refractivity contribution in [2.24, 2.45) is 5.92 Å². The van der Waals surface area contributed by atoms with Crippen LogP contribution in [-0.4, -0.2) is 13.7 Å². The minimum absolute atomic E-state index is 0.750. The molecule has 3 heteroatoms. The molecule has 2 nitrogen and oxygen atoms in total. The Balaban J connectivity index is 2.02. The van der Waals surface area contributed by atoms with Crippen molar-refractivity contribution in [3.8, 4) is 5.75 Å². The maximum absolute atomic E-state index is 6.15. The predicted octanol–water partition coefficient (Wildman–Crippen LogP) is 3.24. The van der Waals surface area contributed by atoms with Gasteiger partial charge in [-0.05, 0) is 37.9 Å². The highest BCUT2D eigenvalue weighted by Gasteiger charge is 2.18. The number of ether oxygens (including phenoxy) is 1. The minimum Gasteiger partial charge on any atom is -0.493 e. The van der Waals surface area contributed by atoms with Crippen LogP contribution in [0.2, 0.25) is 5.02 Å². The third-order valence-corrected chi connectivity index (χ3v) is 3.48. The summed E-state index contributed by atoms with van der Waals surface area (Å²) in [5.41, 5.74) is 1.06. The van der Waals surface area contributed by atoms with E-state index in [0.29, 0.717) is 0 Å². The van der Waals surface area contributed by atoms with Gasteiger partial charge in [0, 0.05) is 17.1 Å². The van der Waals surface area contributed by atoms with Crippen molar-refractivity contribution in [3.05, 3.63) is 28.8 Å². The van der Waals surface area contributed by atoms with Gasteiger partial charge in [-0.3, -0.25) is 0 Å². The first-order valence-electron chi connectivity index (χ1n) is 5.86. The van der Waals surface area contributed by atoms with Gasteiger partial charge in [0.2, 0.25) is 0 Å². The van der Waals surface area contributed by atoms with E-state index < -0.39 is 0 Å². The molecule has 1 aromatic carbocycles. The van der Waals surface area contributed by atoms with Crippen molar-refractivity contribution in [2.75, 3.05) is 13.7 Å². The summed E-state index contributed by atoms with van der Waals surface area (Å²) in [6.45, 7) is 1.58. The first-order valence-corrected chi connectivity index (χ1v) is 6.24. The van der Waals surface area contributed by atoms with Crippen LogP contribution in [0.25, 0.3) is 0 Å². The predicted molar refractivity (Wildman–Crippen MR) is 67.1 cm³/mol. The number of hydrogen-bond acceptors (Lipinski definition) is 2. The highest BCUT2D eigenvalue weighted by molar-refractivity contribution is 6.31. The van der Waals surface area contributed by atoms with Crippen LogP contribution < -0.4 is 10.1 Å². The summed E-state index contributed by atoms with van der Waals surface area (Å²) in [5.74, 6) is 1.68. The number of rotatable bonds is 5. The van der Waals surface area contributed by atoms with E-state index in [1.54, 1.807) is 0 Å². The van der Waals surface area contributed by atoms with Crippen LogP contribution in [0.1, 0.15) is 24.8 Å². The van der Waals surface area contributed by atoms with E-state index in [1.807, 2.05) is 25.2 Å². The van der Waals surface area contributed by atoms with Crippen LogP contribution in [0.3, 0.4) is 0 Å². The van der Waals surface area contributed by atoms with E-state index in [9.17, 15) is 0 Å². The topological polar surface area (TPSA) is 21.3 Å². The zero-order valence-corrected chi connectivity index (χ0v) is 10.4. The molecule has 0 bridgehead atoms. The summed E-state index contributed by atoms with van der Waals surface area (Å²) in [4.78, 5) is 0. The molecular weight excluding hydrogens is 222 g/mol. The van der Waals surface area contributed by atoms with Gasteiger partial charge >= 0.3 is 0 Å². The Bertz CT molecular complexity index is 350. The molecule has 88 valence electrons. The molecule has 0 heterocycles. The number of nitrogens with one attached hydrogen (secondary N) is 1. The number of hydrogen-bond donors (Lipinski definition) is 1. The fourth-order valence-electron chi connectivity index (χ4n) is 1.89. The van der Waals surface area contributed by atoms with E-state index in [-0.39, 0.29) is 0 Å². The minimum atomic E-state index is 0.750. The average molecular weight is 240 g/mol. The first kappa shape index (κ1) is 11.7. The highest BCUT2D eigenvalue weighted by Crippen LogP contribution is 2.30. The lowest BCUT2D eigenvalue weighted by Gasteiger charge is -2.25. The van der Waals surface area contributed by atoms with Gasteiger partial charge in [-0.2, -0.15) is 0 Å². The molecule has 1 aliphatic rings. The van der Waals surface area contributed by atoms with Crippen molar-refractivity contribution >= 4 is 11.6 Å². The van der Waals surface area contributed by atoms with Crippen LogP contribution >= 0.6 is 11.6 Å². The maximum Gasteiger partial charge on any atom is 0.125 e. The Morgan fingerprint density at radius 1 is 1.44 bits per heavy atom. The van der Waals surface area contributed by atoms with E-state index in [0.717, 1.165) is 35.4 Å². The molecule has 0 saturated heterocycles. The zero-order valence-electron chi connectivity index (χ0n) is 9.63. The van der Waals surface area contributed by atoms with E-state index in [4.69, 9.17) is 16.3 Å². The normalized spacial score (nSPS) is 15.9. The van der Waals surface area contributed by atoms with Gasteiger partial charge in [-0.1, -0.05) is 24.1 Å². The summed E-state index contributed by atoms with van der Waals surface area (Å²) in [6, 6.07) is 5.85. The van der Waals surface area contributed by atoms with E-state index >= 15 is 0 Å². The second-order valence-corrected chi connectivity index (χ2v) is 4.76. The molecule has 1 saturated carbocycles. The molecule has 0 radical (unpaired) electrons. The lowest BCUT2D eigenvalue weighted by Crippen LogP contribution is -2.20. The van der Waals surface area contributed by atoms with Crippen LogP contribution in [0.15, 0.2) is 18.2 Å². The lowest BCUT2D eigenvalue weighted by molar-refractivity contribution is 0.179. The van der Waals surface area contributed by atoms with Gasteiger partial charge in [0.25, 0.3) is 0 Å². The lowest BCUT2D eigenvalue weighted by atomic mass is 9.86. The highest BCUT2D eigenvalue weighted by atomic mass is 35.5. The Morgan fingerprint density at radius 2 is 2.25 bits per heavy atom. The summed E-state index contributed by atoms with van der Waals surface area (Å²) in [6.07, 6.45) is 3.97. The molecule has 0 aliphatic heterocycles. The van der Waals surface area contributed by atoms with Crippen molar-refractivity contribution < 1.29 is 4.74 Å². The van der Waals surface area contributed by atoms with Crippen molar-refractivity contribution in [1.29, 1.82) is 0 Å². The van der Waals surface area contributed by atoms with Gasteiger partial charge in [-0.25, -0.2) is 0 Å². The van der Waals surface area contributed by atoms with Gasteiger partial charge in [0.1, 0.15) is 5.75 Å². The second-order valence-electron chi connectivity index (χ2n) is 4.35. The molecule has 16 heavy (non-hydrogen) atoms. The van der Waals surface area contributed by atoms with Gasteiger partial charge in [0.05, 0.1) is 6.61 Å². The largest absolute Gasteiger partial charge is 0.493 e. The summed E-state index contributed by atoms with van der Waals surface area (Å²) in [7, 11) is 1.92. The van der Waals surface area contributed by atoms with Gasteiger partial charge in [0.15, 0.2) is 0 Å². The fraction of sp³-hybridized carbons (Fsp3) is 0.538. The standard InChI is InChI=1S/C13H18ClNO/c1-15-8-11-12(14)6-3-7-13(11)16-9-10-4-2-5-10/h3,6-7,10,15H,2,4-5,8-9H2,1H3. The molecule has 1 N–H and O–H groups in total. The Labute approximate surface area is 102 Å². The third kappa shape index (κ3) is 2.69. The number of halogens is 1. The van der Waals surface area contributed by atoms with Crippen LogP contribution in [0, 0.1) is 5.92 Å². The number of benzene rings is 1. The quantitative estimate of drug-likeness (QED) is 0.852. The SMILES string of the molecule is CNCc1c(Cl)cccc1OCC1CCC1. The first-order chi connectivity index (χ1) is 7.81. The molecular formula is C13H18ClNO. The zero-order chi connectivity index (χ0) is 11.4. The smallest absolute Gasteiger partial charge is 0.125 e. The molecule has 0 atom stereocenters. The van der Waals surface area contributed by atoms with Crippen molar-refractivity contribution in [2.45, 2.75) is 25.8 Å². The molecule has 0 unspecified atom stereocenters. The van der Waals surface area contributed by atoms with Crippen molar-refractivity contribution in [3.63, 3.8) is 0 Å². The maximum atomic E-state index is 6.15. The summed E-state index contributed by atoms with van der Waals surface area (Å²) in [5, 5.41) is 3.89. The second kappa shape index (κ2) is 5.55. The van der Waals surface area contributed by atoms with Crippen molar-refractivity contribution in [1.82, 2.24) is 5.32 Å². The Morgan fingerprint density at radius 3 is 2.88 bits per heavy atom. The summed E-state index contributed by atoms with van der Waals surface area (Å²) < 4.78 is 5.85. The molecule has 1 aliphatic carbocycles. The monoisotopic (exact) mass is 239 g/mol. The van der Waals surface area contributed by atoms with Crippen LogP contribution in [-0.2, 0) is 6.54 Å². The fourth-order valence-corrected chi connectivity index (χ4v) is 2.12. The molecule has 0 aromatic heterocycles. The molecule has 0 spiro atoms. The summed E-state index contributed by atoms with van der Waals surface area (Å²) >= 11 is 6.15. The van der Waals surface area contributed by atoms with Gasteiger partial charge < -0.3 is 10.1 Å². The van der Waals surface area contributed by atoms with Gasteiger partial charge in [-0.15, -0.1) is 0 Å². The average Bonchev–Trinajstić information content (AvgIpc) is 2.20. The Hall–Kier alpha value is -0.730. The van der Waals surface area contributed by atoms with Crippen LogP contribution in [0.4, 0.5) is 0 Å². The van der Waals surface area contributed by atoms with E-state index in [2.05, 4.69) is 5.32 Å². The molecule has 0 amide bonds. The van der Waals surface area contributed by atoms with Crippen LogP contribution in [0.5, 0.6) is 5.75 Å². The Kier molecular flexibility index (Phi) is 4.08. The molecule has 1 fully saturated rings. The molecule has 1 aromatic rings. The molecule has 2 rings (SSSR count). The third-order valence-electron chi connectivity index (χ3n) is 3.13.